The number of benzene rings is 6. The molecule has 4 nitrogen and oxygen atoms in total. The lowest BCUT2D eigenvalue weighted by Gasteiger charge is -2.22. The van der Waals surface area contributed by atoms with E-state index in [0.29, 0.717) is 23.0 Å². The highest BCUT2D eigenvalue weighted by atomic mass is 15.0. The third-order valence-corrected chi connectivity index (χ3v) is 9.18. The van der Waals surface area contributed by atoms with Crippen LogP contribution in [0.15, 0.2) is 146 Å². The molecule has 0 radical (unpaired) electrons. The summed E-state index contributed by atoms with van der Waals surface area (Å²) in [6.07, 6.45) is 0. The maximum Gasteiger partial charge on any atom is 0.164 e. The first kappa shape index (κ1) is 28.3. The van der Waals surface area contributed by atoms with Gasteiger partial charge in [0.15, 0.2) is 17.5 Å². The van der Waals surface area contributed by atoms with Gasteiger partial charge >= 0.3 is 0 Å². The molecule has 1 aromatic heterocycles. The fraction of sp³-hybridized carbons (Fsp3) is 0.0698. The second-order valence-corrected chi connectivity index (χ2v) is 12.5. The van der Waals surface area contributed by atoms with E-state index in [1.807, 2.05) is 72.8 Å². The fourth-order valence-corrected chi connectivity index (χ4v) is 6.63. The van der Waals surface area contributed by atoms with Gasteiger partial charge in [-0.2, -0.15) is 5.26 Å². The molecule has 0 unspecified atom stereocenters. The Kier molecular flexibility index (Phi) is 6.82. The van der Waals surface area contributed by atoms with E-state index in [4.69, 9.17) is 15.0 Å². The van der Waals surface area contributed by atoms with Crippen LogP contribution in [0, 0.1) is 11.3 Å². The number of nitrogens with zero attached hydrogens (tertiary/aromatic N) is 4. The van der Waals surface area contributed by atoms with Crippen LogP contribution in [0.1, 0.15) is 30.5 Å². The van der Waals surface area contributed by atoms with Gasteiger partial charge < -0.3 is 0 Å². The van der Waals surface area contributed by atoms with Gasteiger partial charge in [-0.25, -0.2) is 15.0 Å². The molecule has 0 amide bonds. The molecule has 47 heavy (non-hydrogen) atoms. The Bertz CT molecular complexity index is 2260. The van der Waals surface area contributed by atoms with Crippen LogP contribution < -0.4 is 0 Å². The summed E-state index contributed by atoms with van der Waals surface area (Å²) in [6, 6.07) is 52.3. The Hall–Kier alpha value is -6.18. The zero-order valence-corrected chi connectivity index (χ0v) is 26.1. The summed E-state index contributed by atoms with van der Waals surface area (Å²) in [5, 5.41) is 9.48. The first-order valence-corrected chi connectivity index (χ1v) is 15.8. The first-order valence-electron chi connectivity index (χ1n) is 15.8. The average molecular weight is 603 g/mol. The summed E-state index contributed by atoms with van der Waals surface area (Å²) in [4.78, 5) is 14.6. The van der Waals surface area contributed by atoms with Gasteiger partial charge in [-0.15, -0.1) is 0 Å². The second kappa shape index (κ2) is 11.3. The van der Waals surface area contributed by atoms with Crippen molar-refractivity contribution in [2.24, 2.45) is 0 Å². The topological polar surface area (TPSA) is 62.5 Å². The van der Waals surface area contributed by atoms with Gasteiger partial charge in [0.2, 0.25) is 0 Å². The Morgan fingerprint density at radius 2 is 0.915 bits per heavy atom. The number of rotatable bonds is 5. The lowest BCUT2D eigenvalue weighted by atomic mass is 9.81. The Balaban J connectivity index is 1.13. The van der Waals surface area contributed by atoms with E-state index >= 15 is 0 Å². The van der Waals surface area contributed by atoms with E-state index in [0.717, 1.165) is 38.9 Å². The highest BCUT2D eigenvalue weighted by Gasteiger charge is 2.35. The van der Waals surface area contributed by atoms with Crippen LogP contribution in [-0.2, 0) is 5.41 Å². The molecular weight excluding hydrogens is 573 g/mol. The van der Waals surface area contributed by atoms with Crippen molar-refractivity contribution in [2.45, 2.75) is 19.3 Å². The molecule has 0 saturated heterocycles. The molecule has 4 heteroatoms. The summed E-state index contributed by atoms with van der Waals surface area (Å²) in [6.45, 7) is 4.53. The lowest BCUT2D eigenvalue weighted by Crippen LogP contribution is -2.15. The molecule has 8 rings (SSSR count). The number of fused-ring (bicyclic) bond motifs is 3. The minimum Gasteiger partial charge on any atom is -0.208 e. The lowest BCUT2D eigenvalue weighted by molar-refractivity contribution is 0.660. The van der Waals surface area contributed by atoms with Gasteiger partial charge in [0.05, 0.1) is 11.6 Å². The second-order valence-electron chi connectivity index (χ2n) is 12.5. The number of hydrogen-bond donors (Lipinski definition) is 0. The van der Waals surface area contributed by atoms with Gasteiger partial charge in [-0.1, -0.05) is 135 Å². The SMILES string of the molecule is CC1(C)c2ccc(C#N)cc2-c2ccc(-c3cccc(-c4ccc(-c5nc(-c6ccccc6)nc(-c6ccccc6)n5)cc4)c3)cc21. The Labute approximate surface area is 274 Å². The van der Waals surface area contributed by atoms with Crippen molar-refractivity contribution in [1.29, 1.82) is 5.26 Å². The molecule has 0 saturated carbocycles. The monoisotopic (exact) mass is 602 g/mol. The number of hydrogen-bond acceptors (Lipinski definition) is 4. The highest BCUT2D eigenvalue weighted by Crippen LogP contribution is 2.50. The minimum atomic E-state index is -0.141. The van der Waals surface area contributed by atoms with Gasteiger partial charge in [0.25, 0.3) is 0 Å². The zero-order valence-electron chi connectivity index (χ0n) is 26.1. The van der Waals surface area contributed by atoms with Crippen molar-refractivity contribution in [1.82, 2.24) is 15.0 Å². The van der Waals surface area contributed by atoms with Crippen molar-refractivity contribution in [3.05, 3.63) is 162 Å². The molecule has 0 aliphatic heterocycles. The quantitative estimate of drug-likeness (QED) is 0.197. The summed E-state index contributed by atoms with van der Waals surface area (Å²) >= 11 is 0. The molecule has 0 N–H and O–H groups in total. The molecule has 1 aliphatic carbocycles. The van der Waals surface area contributed by atoms with E-state index in [2.05, 4.69) is 92.7 Å². The third-order valence-electron chi connectivity index (χ3n) is 9.18. The fourth-order valence-electron chi connectivity index (χ4n) is 6.63. The molecule has 1 aliphatic rings. The Morgan fingerprint density at radius 1 is 0.426 bits per heavy atom. The van der Waals surface area contributed by atoms with Crippen LogP contribution in [0.3, 0.4) is 0 Å². The van der Waals surface area contributed by atoms with Crippen molar-refractivity contribution in [2.75, 3.05) is 0 Å². The summed E-state index contributed by atoms with van der Waals surface area (Å²) in [5.74, 6) is 1.94. The van der Waals surface area contributed by atoms with Crippen LogP contribution in [0.2, 0.25) is 0 Å². The third kappa shape index (κ3) is 5.09. The molecule has 0 atom stereocenters. The average Bonchev–Trinajstić information content (AvgIpc) is 3.37. The Morgan fingerprint density at radius 3 is 1.51 bits per heavy atom. The standard InChI is InChI=1S/C43H30N4/c1-43(2)38-23-16-28(27-44)24-37(38)36-22-21-35(26-39(36)43)34-15-9-14-33(25-34)29-17-19-32(20-18-29)42-46-40(30-10-5-3-6-11-30)45-41(47-42)31-12-7-4-8-13-31/h3-26H,1-2H3. The molecule has 0 fully saturated rings. The van der Waals surface area contributed by atoms with E-state index < -0.39 is 0 Å². The normalized spacial score (nSPS) is 12.6. The number of nitriles is 1. The molecule has 1 heterocycles. The maximum absolute atomic E-state index is 9.48. The molecule has 7 aromatic rings. The molecular formula is C43H30N4. The number of aromatic nitrogens is 3. The summed E-state index contributed by atoms with van der Waals surface area (Å²) < 4.78 is 0. The van der Waals surface area contributed by atoms with Gasteiger partial charge in [-0.3, -0.25) is 0 Å². The van der Waals surface area contributed by atoms with Crippen LogP contribution in [0.5, 0.6) is 0 Å². The molecule has 0 bridgehead atoms. The summed E-state index contributed by atoms with van der Waals surface area (Å²) in [7, 11) is 0. The largest absolute Gasteiger partial charge is 0.208 e. The smallest absolute Gasteiger partial charge is 0.164 e. The van der Waals surface area contributed by atoms with Crippen LogP contribution in [0.4, 0.5) is 0 Å². The molecule has 0 spiro atoms. The molecule has 222 valence electrons. The van der Waals surface area contributed by atoms with Crippen molar-refractivity contribution < 1.29 is 0 Å². The first-order chi connectivity index (χ1) is 23.0. The predicted molar refractivity (Wildman–Crippen MR) is 189 cm³/mol. The van der Waals surface area contributed by atoms with Crippen molar-refractivity contribution >= 4 is 0 Å². The zero-order chi connectivity index (χ0) is 32.0. The summed E-state index contributed by atoms with van der Waals surface area (Å²) in [5.41, 5.74) is 12.9. The van der Waals surface area contributed by atoms with Gasteiger partial charge in [0.1, 0.15) is 0 Å². The van der Waals surface area contributed by atoms with E-state index in [-0.39, 0.29) is 5.41 Å². The van der Waals surface area contributed by atoms with Crippen molar-refractivity contribution in [3.63, 3.8) is 0 Å². The van der Waals surface area contributed by atoms with E-state index in [1.165, 1.54) is 22.3 Å². The van der Waals surface area contributed by atoms with E-state index in [9.17, 15) is 5.26 Å². The van der Waals surface area contributed by atoms with Crippen LogP contribution >= 0.6 is 0 Å². The van der Waals surface area contributed by atoms with Crippen molar-refractivity contribution in [3.8, 4) is 73.6 Å². The molecule has 6 aromatic carbocycles. The van der Waals surface area contributed by atoms with Crippen LogP contribution in [-0.4, -0.2) is 15.0 Å². The van der Waals surface area contributed by atoms with Gasteiger partial charge in [-0.05, 0) is 68.8 Å². The van der Waals surface area contributed by atoms with Gasteiger partial charge in [0, 0.05) is 22.1 Å². The highest BCUT2D eigenvalue weighted by molar-refractivity contribution is 5.85. The maximum atomic E-state index is 9.48. The van der Waals surface area contributed by atoms with E-state index in [1.54, 1.807) is 0 Å². The predicted octanol–water partition coefficient (Wildman–Crippen LogP) is 10.4. The van der Waals surface area contributed by atoms with Crippen LogP contribution in [0.25, 0.3) is 67.5 Å². The minimum absolute atomic E-state index is 0.141.